The van der Waals surface area contributed by atoms with Crippen LogP contribution >= 0.6 is 0 Å². The lowest BCUT2D eigenvalue weighted by atomic mass is 9.97. The Kier molecular flexibility index (Phi) is 6.80. The molecule has 33 heavy (non-hydrogen) atoms. The van der Waals surface area contributed by atoms with Crippen LogP contribution < -0.4 is 10.1 Å². The number of piperidine rings is 1. The predicted octanol–water partition coefficient (Wildman–Crippen LogP) is 3.47. The Balaban J connectivity index is 1.38. The van der Waals surface area contributed by atoms with Gasteiger partial charge in [0.1, 0.15) is 5.75 Å². The quantitative estimate of drug-likeness (QED) is 0.655. The molecule has 178 valence electrons. The van der Waals surface area contributed by atoms with Gasteiger partial charge in [-0.2, -0.15) is 18.2 Å². The van der Waals surface area contributed by atoms with Crippen LogP contribution in [0, 0.1) is 5.92 Å². The second-order valence-electron chi connectivity index (χ2n) is 8.10. The number of benzene rings is 1. The van der Waals surface area contributed by atoms with Crippen LogP contribution in [0.15, 0.2) is 35.5 Å². The highest BCUT2D eigenvalue weighted by molar-refractivity contribution is 7.93. The number of hydrogen-bond acceptors (Lipinski definition) is 5. The van der Waals surface area contributed by atoms with Crippen molar-refractivity contribution in [1.82, 2.24) is 14.1 Å². The van der Waals surface area contributed by atoms with Gasteiger partial charge in [-0.15, -0.1) is 0 Å². The third kappa shape index (κ3) is 5.25. The van der Waals surface area contributed by atoms with Crippen molar-refractivity contribution < 1.29 is 26.7 Å². The summed E-state index contributed by atoms with van der Waals surface area (Å²) in [6.07, 6.45) is 6.53. The molecular weight excluding hydrogens is 454 g/mol. The minimum atomic E-state index is -3.67. The number of carbonyl (C=O) groups is 1. The molecule has 0 saturated carbocycles. The SMILES string of the molecule is CCn1cc(NC(=O)C2CCN(S(=O)(=O)C3=Cc4ccc(OC(F)F)cc4CC3)CC2)cn1. The molecule has 1 aliphatic carbocycles. The summed E-state index contributed by atoms with van der Waals surface area (Å²) in [6.45, 7) is 0.280. The molecule has 1 aromatic carbocycles. The van der Waals surface area contributed by atoms with E-state index in [2.05, 4.69) is 15.2 Å². The fourth-order valence-corrected chi connectivity index (χ4v) is 5.85. The Morgan fingerprint density at radius 3 is 2.70 bits per heavy atom. The first-order valence-electron chi connectivity index (χ1n) is 10.9. The number of halogens is 2. The van der Waals surface area contributed by atoms with E-state index in [4.69, 9.17) is 0 Å². The van der Waals surface area contributed by atoms with Crippen molar-refractivity contribution >= 4 is 27.7 Å². The number of ether oxygens (including phenoxy) is 1. The lowest BCUT2D eigenvalue weighted by Gasteiger charge is -2.32. The van der Waals surface area contributed by atoms with Crippen LogP contribution in [0.25, 0.3) is 6.08 Å². The molecule has 0 unspecified atom stereocenters. The number of amides is 1. The summed E-state index contributed by atoms with van der Waals surface area (Å²) in [6, 6.07) is 4.53. The molecule has 1 aliphatic heterocycles. The maximum atomic E-state index is 13.2. The number of nitrogens with one attached hydrogen (secondary N) is 1. The summed E-state index contributed by atoms with van der Waals surface area (Å²) in [5.74, 6) is -0.336. The van der Waals surface area contributed by atoms with Crippen molar-refractivity contribution in [2.75, 3.05) is 18.4 Å². The van der Waals surface area contributed by atoms with Gasteiger partial charge in [0.25, 0.3) is 0 Å². The topological polar surface area (TPSA) is 93.5 Å². The first kappa shape index (κ1) is 23.4. The van der Waals surface area contributed by atoms with Gasteiger partial charge in [0.15, 0.2) is 0 Å². The molecule has 1 saturated heterocycles. The van der Waals surface area contributed by atoms with Crippen LogP contribution in [0.3, 0.4) is 0 Å². The van der Waals surface area contributed by atoms with Crippen LogP contribution in [0.5, 0.6) is 5.75 Å². The van der Waals surface area contributed by atoms with Gasteiger partial charge in [0.2, 0.25) is 15.9 Å². The zero-order valence-corrected chi connectivity index (χ0v) is 19.0. The smallest absolute Gasteiger partial charge is 0.387 e. The van der Waals surface area contributed by atoms with Gasteiger partial charge in [-0.3, -0.25) is 9.48 Å². The average Bonchev–Trinajstić information content (AvgIpc) is 3.26. The van der Waals surface area contributed by atoms with Gasteiger partial charge >= 0.3 is 6.61 Å². The normalized spacial score (nSPS) is 17.5. The number of rotatable bonds is 7. The lowest BCUT2D eigenvalue weighted by molar-refractivity contribution is -0.120. The number of aryl methyl sites for hydroxylation is 2. The van der Waals surface area contributed by atoms with E-state index in [1.54, 1.807) is 29.2 Å². The second kappa shape index (κ2) is 9.60. The van der Waals surface area contributed by atoms with E-state index in [9.17, 15) is 22.0 Å². The van der Waals surface area contributed by atoms with Crippen molar-refractivity contribution in [2.24, 2.45) is 5.92 Å². The standard InChI is InChI=1S/C22H26F2N4O4S/c1-2-27-14-18(13-25-27)26-21(29)15-7-9-28(10-8-15)33(30,31)20-6-4-16-11-19(32-22(23)24)5-3-17(16)12-20/h3,5,11-15,22H,2,4,6-10H2,1H3,(H,26,29). The molecule has 0 radical (unpaired) electrons. The van der Waals surface area contributed by atoms with Gasteiger partial charge in [-0.1, -0.05) is 6.07 Å². The monoisotopic (exact) mass is 480 g/mol. The molecule has 2 heterocycles. The maximum Gasteiger partial charge on any atom is 0.387 e. The molecule has 4 rings (SSSR count). The number of nitrogens with zero attached hydrogens (tertiary/aromatic N) is 3. The van der Waals surface area contributed by atoms with Gasteiger partial charge in [-0.25, -0.2) is 8.42 Å². The Morgan fingerprint density at radius 2 is 2.03 bits per heavy atom. The third-order valence-electron chi connectivity index (χ3n) is 6.02. The number of alkyl halides is 2. The van der Waals surface area contributed by atoms with E-state index in [0.717, 1.165) is 5.56 Å². The number of anilines is 1. The largest absolute Gasteiger partial charge is 0.435 e. The number of carbonyl (C=O) groups excluding carboxylic acids is 1. The highest BCUT2D eigenvalue weighted by Gasteiger charge is 2.34. The first-order valence-corrected chi connectivity index (χ1v) is 12.3. The van der Waals surface area contributed by atoms with Crippen molar-refractivity contribution in [3.63, 3.8) is 0 Å². The van der Waals surface area contributed by atoms with Gasteiger partial charge < -0.3 is 10.1 Å². The van der Waals surface area contributed by atoms with Gasteiger partial charge in [0, 0.05) is 31.7 Å². The summed E-state index contributed by atoms with van der Waals surface area (Å²) in [7, 11) is -3.67. The van der Waals surface area contributed by atoms with Crippen LogP contribution in [-0.4, -0.2) is 48.1 Å². The summed E-state index contributed by atoms with van der Waals surface area (Å²) >= 11 is 0. The Morgan fingerprint density at radius 1 is 1.27 bits per heavy atom. The lowest BCUT2D eigenvalue weighted by Crippen LogP contribution is -2.42. The Bertz CT molecular complexity index is 1150. The molecular formula is C22H26F2N4O4S. The number of aromatic nitrogens is 2. The molecule has 1 amide bonds. The van der Waals surface area contributed by atoms with Gasteiger partial charge in [0.05, 0.1) is 16.8 Å². The fraction of sp³-hybridized carbons (Fsp3) is 0.455. The van der Waals surface area contributed by atoms with E-state index in [0.29, 0.717) is 42.0 Å². The minimum Gasteiger partial charge on any atom is -0.435 e. The van der Waals surface area contributed by atoms with Crippen molar-refractivity contribution in [3.05, 3.63) is 46.6 Å². The molecule has 1 N–H and O–H groups in total. The number of allylic oxidation sites excluding steroid dienone is 1. The third-order valence-corrected chi connectivity index (χ3v) is 8.05. The minimum absolute atomic E-state index is 0.0610. The van der Waals surface area contributed by atoms with E-state index in [1.807, 2.05) is 6.92 Å². The summed E-state index contributed by atoms with van der Waals surface area (Å²) in [5, 5.41) is 6.98. The average molecular weight is 481 g/mol. The summed E-state index contributed by atoms with van der Waals surface area (Å²) in [4.78, 5) is 12.9. The number of hydrogen-bond donors (Lipinski definition) is 1. The summed E-state index contributed by atoms with van der Waals surface area (Å²) in [5.41, 5.74) is 2.09. The zero-order valence-electron chi connectivity index (χ0n) is 18.2. The van der Waals surface area contributed by atoms with E-state index in [-0.39, 0.29) is 37.1 Å². The molecule has 1 fully saturated rings. The van der Waals surface area contributed by atoms with Crippen LogP contribution in [0.4, 0.5) is 14.5 Å². The Labute approximate surface area is 191 Å². The molecule has 8 nitrogen and oxygen atoms in total. The molecule has 1 aromatic heterocycles. The van der Waals surface area contributed by atoms with Crippen molar-refractivity contribution in [1.29, 1.82) is 0 Å². The van der Waals surface area contributed by atoms with Crippen molar-refractivity contribution in [2.45, 2.75) is 45.8 Å². The highest BCUT2D eigenvalue weighted by atomic mass is 32.2. The van der Waals surface area contributed by atoms with Crippen LogP contribution in [0.1, 0.15) is 37.3 Å². The maximum absolute atomic E-state index is 13.2. The summed E-state index contributed by atoms with van der Waals surface area (Å²) < 4.78 is 58.8. The predicted molar refractivity (Wildman–Crippen MR) is 119 cm³/mol. The van der Waals surface area contributed by atoms with Gasteiger partial charge in [-0.05, 0) is 61.9 Å². The molecule has 2 aliphatic rings. The van der Waals surface area contributed by atoms with E-state index < -0.39 is 16.6 Å². The molecule has 0 atom stereocenters. The number of fused-ring (bicyclic) bond motifs is 1. The first-order chi connectivity index (χ1) is 15.8. The van der Waals surface area contributed by atoms with E-state index >= 15 is 0 Å². The highest BCUT2D eigenvalue weighted by Crippen LogP contribution is 2.33. The fourth-order valence-electron chi connectivity index (χ4n) is 4.19. The van der Waals surface area contributed by atoms with Crippen LogP contribution in [-0.2, 0) is 27.8 Å². The number of sulfonamides is 1. The van der Waals surface area contributed by atoms with Crippen LogP contribution in [0.2, 0.25) is 0 Å². The molecule has 2 aromatic rings. The van der Waals surface area contributed by atoms with Crippen molar-refractivity contribution in [3.8, 4) is 5.75 Å². The molecule has 0 bridgehead atoms. The van der Waals surface area contributed by atoms with E-state index in [1.165, 1.54) is 16.4 Å². The zero-order chi connectivity index (χ0) is 23.6. The Hall–Kier alpha value is -2.79. The molecule has 0 spiro atoms. The molecule has 11 heteroatoms. The second-order valence-corrected chi connectivity index (χ2v) is 10.1.